The van der Waals surface area contributed by atoms with Crippen molar-refractivity contribution in [2.24, 2.45) is 11.8 Å². The Hall–Kier alpha value is -0.0300. The number of halogens is 2. The fraction of sp³-hybridized carbons (Fsp3) is 0.941. The highest BCUT2D eigenvalue weighted by Crippen LogP contribution is 2.17. The highest BCUT2D eigenvalue weighted by molar-refractivity contribution is 5.85. The number of hydrogen-bond donors (Lipinski definition) is 2. The number of likely N-dealkylation sites (tertiary alicyclic amines) is 1. The Bertz CT molecular complexity index is 306. The van der Waals surface area contributed by atoms with Crippen LogP contribution >= 0.6 is 24.8 Å². The molecule has 4 nitrogen and oxygen atoms in total. The second-order valence-electron chi connectivity index (χ2n) is 7.00. The molecule has 0 radical (unpaired) electrons. The van der Waals surface area contributed by atoms with Crippen molar-refractivity contribution in [1.29, 1.82) is 0 Å². The molecule has 0 bridgehead atoms. The first-order valence-electron chi connectivity index (χ1n) is 8.94. The van der Waals surface area contributed by atoms with Crippen LogP contribution < -0.4 is 10.6 Å². The summed E-state index contributed by atoms with van der Waals surface area (Å²) < 4.78 is 0. The van der Waals surface area contributed by atoms with Gasteiger partial charge in [0.2, 0.25) is 5.91 Å². The van der Waals surface area contributed by atoms with Crippen molar-refractivity contribution >= 4 is 30.7 Å². The Morgan fingerprint density at radius 1 is 1.17 bits per heavy atom. The van der Waals surface area contributed by atoms with Gasteiger partial charge in [-0.25, -0.2) is 0 Å². The summed E-state index contributed by atoms with van der Waals surface area (Å²) in [4.78, 5) is 14.5. The molecule has 2 N–H and O–H groups in total. The van der Waals surface area contributed by atoms with Crippen LogP contribution in [0.15, 0.2) is 0 Å². The van der Waals surface area contributed by atoms with Crippen LogP contribution in [0.1, 0.15) is 51.9 Å². The SMILES string of the molecule is CC(CNC(=O)CCC1CCNCC1)CN1CCCCC1.Cl.Cl. The lowest BCUT2D eigenvalue weighted by Gasteiger charge is -2.29. The van der Waals surface area contributed by atoms with Gasteiger partial charge in [-0.3, -0.25) is 4.79 Å². The standard InChI is InChI=1S/C17H33N3O.2ClH/c1-15(14-20-11-3-2-4-12-20)13-19-17(21)6-5-16-7-9-18-10-8-16;;/h15-16,18H,2-14H2,1H3,(H,19,21);2*1H. The third-order valence-corrected chi connectivity index (χ3v) is 4.90. The minimum Gasteiger partial charge on any atom is -0.356 e. The maximum atomic E-state index is 11.9. The molecule has 2 rings (SSSR count). The minimum atomic E-state index is 0. The Kier molecular flexibility index (Phi) is 13.3. The molecular formula is C17H35Cl2N3O. The molecule has 0 aromatic rings. The summed E-state index contributed by atoms with van der Waals surface area (Å²) in [5.41, 5.74) is 0. The maximum Gasteiger partial charge on any atom is 0.220 e. The molecule has 1 unspecified atom stereocenters. The van der Waals surface area contributed by atoms with Crippen LogP contribution in [0.2, 0.25) is 0 Å². The first kappa shape index (κ1) is 23.0. The molecule has 1 atom stereocenters. The number of nitrogens with zero attached hydrogens (tertiary/aromatic N) is 1. The van der Waals surface area contributed by atoms with E-state index in [4.69, 9.17) is 0 Å². The largest absolute Gasteiger partial charge is 0.356 e. The molecule has 2 aliphatic rings. The van der Waals surface area contributed by atoms with Gasteiger partial charge in [0.1, 0.15) is 0 Å². The zero-order valence-corrected chi connectivity index (χ0v) is 16.2. The van der Waals surface area contributed by atoms with Crippen LogP contribution in [0.3, 0.4) is 0 Å². The molecule has 2 heterocycles. The second kappa shape index (κ2) is 13.3. The lowest BCUT2D eigenvalue weighted by Crippen LogP contribution is -2.38. The first-order valence-corrected chi connectivity index (χ1v) is 8.94. The monoisotopic (exact) mass is 367 g/mol. The van der Waals surface area contributed by atoms with Gasteiger partial charge in [0.05, 0.1) is 0 Å². The van der Waals surface area contributed by atoms with E-state index in [0.717, 1.165) is 38.5 Å². The number of amides is 1. The average molecular weight is 368 g/mol. The molecule has 2 saturated heterocycles. The Morgan fingerprint density at radius 2 is 1.83 bits per heavy atom. The number of nitrogens with one attached hydrogen (secondary N) is 2. The summed E-state index contributed by atoms with van der Waals surface area (Å²) in [6.45, 7) is 8.96. The molecule has 138 valence electrons. The maximum absolute atomic E-state index is 11.9. The average Bonchev–Trinajstić information content (AvgIpc) is 2.53. The minimum absolute atomic E-state index is 0. The van der Waals surface area contributed by atoms with Crippen LogP contribution in [0, 0.1) is 11.8 Å². The van der Waals surface area contributed by atoms with Crippen LogP contribution in [0.25, 0.3) is 0 Å². The lowest BCUT2D eigenvalue weighted by molar-refractivity contribution is -0.121. The summed E-state index contributed by atoms with van der Waals surface area (Å²) in [7, 11) is 0. The molecule has 0 aromatic carbocycles. The number of piperidine rings is 2. The smallest absolute Gasteiger partial charge is 0.220 e. The van der Waals surface area contributed by atoms with Crippen molar-refractivity contribution in [2.75, 3.05) is 39.3 Å². The van der Waals surface area contributed by atoms with Crippen molar-refractivity contribution in [3.05, 3.63) is 0 Å². The lowest BCUT2D eigenvalue weighted by atomic mass is 9.93. The summed E-state index contributed by atoms with van der Waals surface area (Å²) in [5, 5.41) is 6.51. The van der Waals surface area contributed by atoms with Crippen LogP contribution in [0.4, 0.5) is 0 Å². The molecule has 1 amide bonds. The number of carbonyl (C=O) groups is 1. The topological polar surface area (TPSA) is 44.4 Å². The summed E-state index contributed by atoms with van der Waals surface area (Å²) in [5.74, 6) is 1.56. The van der Waals surface area contributed by atoms with Gasteiger partial charge in [-0.2, -0.15) is 0 Å². The molecule has 2 fully saturated rings. The predicted molar refractivity (Wildman–Crippen MR) is 102 cm³/mol. The van der Waals surface area contributed by atoms with E-state index >= 15 is 0 Å². The highest BCUT2D eigenvalue weighted by Gasteiger charge is 2.16. The zero-order valence-electron chi connectivity index (χ0n) is 14.5. The van der Waals surface area contributed by atoms with Gasteiger partial charge in [0.15, 0.2) is 0 Å². The van der Waals surface area contributed by atoms with Crippen molar-refractivity contribution in [3.8, 4) is 0 Å². The van der Waals surface area contributed by atoms with Crippen LogP contribution in [-0.2, 0) is 4.79 Å². The van der Waals surface area contributed by atoms with Gasteiger partial charge in [-0.05, 0) is 70.1 Å². The third kappa shape index (κ3) is 9.75. The van der Waals surface area contributed by atoms with E-state index in [9.17, 15) is 4.79 Å². The number of carbonyl (C=O) groups excluding carboxylic acids is 1. The van der Waals surface area contributed by atoms with Crippen molar-refractivity contribution in [1.82, 2.24) is 15.5 Å². The van der Waals surface area contributed by atoms with E-state index in [1.54, 1.807) is 0 Å². The van der Waals surface area contributed by atoms with E-state index in [-0.39, 0.29) is 30.7 Å². The van der Waals surface area contributed by atoms with E-state index < -0.39 is 0 Å². The van der Waals surface area contributed by atoms with E-state index in [1.165, 1.54) is 45.2 Å². The molecule has 0 saturated carbocycles. The molecule has 23 heavy (non-hydrogen) atoms. The van der Waals surface area contributed by atoms with Crippen molar-refractivity contribution < 1.29 is 4.79 Å². The quantitative estimate of drug-likeness (QED) is 0.726. The highest BCUT2D eigenvalue weighted by atomic mass is 35.5. The van der Waals surface area contributed by atoms with Gasteiger partial charge in [0.25, 0.3) is 0 Å². The van der Waals surface area contributed by atoms with Crippen molar-refractivity contribution in [3.63, 3.8) is 0 Å². The van der Waals surface area contributed by atoms with Gasteiger partial charge < -0.3 is 15.5 Å². The van der Waals surface area contributed by atoms with Gasteiger partial charge in [-0.1, -0.05) is 13.3 Å². The van der Waals surface area contributed by atoms with E-state index in [0.29, 0.717) is 12.3 Å². The predicted octanol–water partition coefficient (Wildman–Crippen LogP) is 2.85. The fourth-order valence-corrected chi connectivity index (χ4v) is 3.53. The normalized spacial score (nSPS) is 20.9. The fourth-order valence-electron chi connectivity index (χ4n) is 3.53. The Labute approximate surface area is 154 Å². The Morgan fingerprint density at radius 3 is 2.48 bits per heavy atom. The van der Waals surface area contributed by atoms with Gasteiger partial charge in [0, 0.05) is 19.5 Å². The van der Waals surface area contributed by atoms with Crippen molar-refractivity contribution in [2.45, 2.75) is 51.9 Å². The molecule has 0 aliphatic carbocycles. The molecule has 2 aliphatic heterocycles. The van der Waals surface area contributed by atoms with Gasteiger partial charge >= 0.3 is 0 Å². The van der Waals surface area contributed by atoms with Crippen LogP contribution in [0.5, 0.6) is 0 Å². The van der Waals surface area contributed by atoms with Crippen LogP contribution in [-0.4, -0.2) is 50.1 Å². The summed E-state index contributed by atoms with van der Waals surface area (Å²) >= 11 is 0. The summed E-state index contributed by atoms with van der Waals surface area (Å²) in [6.07, 6.45) is 8.31. The number of hydrogen-bond acceptors (Lipinski definition) is 3. The zero-order chi connectivity index (χ0) is 14.9. The second-order valence-corrected chi connectivity index (χ2v) is 7.00. The van der Waals surface area contributed by atoms with Gasteiger partial charge in [-0.15, -0.1) is 24.8 Å². The van der Waals surface area contributed by atoms with E-state index in [1.807, 2.05) is 0 Å². The molecule has 0 aromatic heterocycles. The van der Waals surface area contributed by atoms with E-state index in [2.05, 4.69) is 22.5 Å². The summed E-state index contributed by atoms with van der Waals surface area (Å²) in [6, 6.07) is 0. The Balaban J connectivity index is 0.00000242. The number of rotatable bonds is 7. The molecule has 0 spiro atoms. The molecule has 6 heteroatoms. The third-order valence-electron chi connectivity index (χ3n) is 4.90. The first-order chi connectivity index (χ1) is 10.2. The molecular weight excluding hydrogens is 333 g/mol.